The first-order valence-corrected chi connectivity index (χ1v) is 7.74. The molecule has 0 amide bonds. The Morgan fingerprint density at radius 2 is 1.95 bits per heavy atom. The van der Waals surface area contributed by atoms with Crippen molar-refractivity contribution in [2.45, 2.75) is 63.5 Å². The second-order valence-electron chi connectivity index (χ2n) is 6.36. The Bertz CT molecular complexity index is 415. The third kappa shape index (κ3) is 4.57. The van der Waals surface area contributed by atoms with Crippen LogP contribution >= 0.6 is 0 Å². The Hall–Kier alpha value is -0.930. The molecule has 1 fully saturated rings. The number of rotatable bonds is 5. The lowest BCUT2D eigenvalue weighted by molar-refractivity contribution is 0.156. The van der Waals surface area contributed by atoms with Crippen LogP contribution in [0, 0.1) is 5.82 Å². The van der Waals surface area contributed by atoms with Crippen LogP contribution in [0.1, 0.15) is 51.0 Å². The van der Waals surface area contributed by atoms with E-state index in [1.807, 2.05) is 13.0 Å². The van der Waals surface area contributed by atoms with E-state index in [1.54, 1.807) is 12.1 Å². The average Bonchev–Trinajstić information content (AvgIpc) is 2.67. The van der Waals surface area contributed by atoms with Crippen LogP contribution < -0.4 is 5.32 Å². The predicted molar refractivity (Wildman–Crippen MR) is 80.2 cm³/mol. The van der Waals surface area contributed by atoms with Gasteiger partial charge in [0.25, 0.3) is 0 Å². The van der Waals surface area contributed by atoms with Crippen molar-refractivity contribution < 1.29 is 9.50 Å². The average molecular weight is 279 g/mol. The van der Waals surface area contributed by atoms with Gasteiger partial charge in [-0.2, -0.15) is 0 Å². The van der Waals surface area contributed by atoms with Gasteiger partial charge >= 0.3 is 0 Å². The molecule has 1 aliphatic carbocycles. The molecule has 1 atom stereocenters. The Morgan fingerprint density at radius 3 is 2.55 bits per heavy atom. The van der Waals surface area contributed by atoms with Crippen molar-refractivity contribution in [1.29, 1.82) is 0 Å². The summed E-state index contributed by atoms with van der Waals surface area (Å²) in [6, 6.07) is 7.14. The fourth-order valence-corrected chi connectivity index (χ4v) is 3.17. The summed E-state index contributed by atoms with van der Waals surface area (Å²) in [5.74, 6) is -0.211. The SMILES string of the molecule is CC(CO)(Cc1cccc(F)c1)NC1CCCCCC1. The molecule has 0 bridgehead atoms. The number of aliphatic hydroxyl groups is 1. The summed E-state index contributed by atoms with van der Waals surface area (Å²) in [4.78, 5) is 0. The number of halogens is 1. The normalized spacial score (nSPS) is 20.4. The number of aliphatic hydroxyl groups excluding tert-OH is 1. The Balaban J connectivity index is 2.00. The summed E-state index contributed by atoms with van der Waals surface area (Å²) >= 11 is 0. The summed E-state index contributed by atoms with van der Waals surface area (Å²) in [5, 5.41) is 13.4. The number of hydrogen-bond donors (Lipinski definition) is 2. The molecule has 2 N–H and O–H groups in total. The highest BCUT2D eigenvalue weighted by molar-refractivity contribution is 5.19. The topological polar surface area (TPSA) is 32.3 Å². The lowest BCUT2D eigenvalue weighted by Gasteiger charge is -2.34. The van der Waals surface area contributed by atoms with Crippen molar-refractivity contribution in [3.63, 3.8) is 0 Å². The fourth-order valence-electron chi connectivity index (χ4n) is 3.17. The van der Waals surface area contributed by atoms with Gasteiger partial charge < -0.3 is 10.4 Å². The van der Waals surface area contributed by atoms with Gasteiger partial charge in [0, 0.05) is 11.6 Å². The molecule has 2 rings (SSSR count). The first-order chi connectivity index (χ1) is 9.61. The number of hydrogen-bond acceptors (Lipinski definition) is 2. The molecule has 0 aliphatic heterocycles. The molecule has 1 saturated carbocycles. The van der Waals surface area contributed by atoms with Crippen molar-refractivity contribution in [2.24, 2.45) is 0 Å². The molecule has 112 valence electrons. The summed E-state index contributed by atoms with van der Waals surface area (Å²) in [6.45, 7) is 2.10. The second-order valence-corrected chi connectivity index (χ2v) is 6.36. The van der Waals surface area contributed by atoms with Crippen LogP contribution in [-0.4, -0.2) is 23.3 Å². The van der Waals surface area contributed by atoms with E-state index in [-0.39, 0.29) is 18.0 Å². The summed E-state index contributed by atoms with van der Waals surface area (Å²) < 4.78 is 13.3. The molecular formula is C17H26FNO. The maximum atomic E-state index is 13.3. The number of benzene rings is 1. The zero-order chi connectivity index (χ0) is 14.4. The number of nitrogens with one attached hydrogen (secondary N) is 1. The van der Waals surface area contributed by atoms with Gasteiger partial charge in [-0.25, -0.2) is 4.39 Å². The van der Waals surface area contributed by atoms with Gasteiger partial charge in [-0.05, 0) is 43.9 Å². The van der Waals surface area contributed by atoms with E-state index in [0.29, 0.717) is 12.5 Å². The van der Waals surface area contributed by atoms with Gasteiger partial charge in [0.05, 0.1) is 6.61 Å². The van der Waals surface area contributed by atoms with E-state index in [2.05, 4.69) is 5.32 Å². The highest BCUT2D eigenvalue weighted by Crippen LogP contribution is 2.21. The molecule has 1 unspecified atom stereocenters. The van der Waals surface area contributed by atoms with Gasteiger partial charge in [-0.3, -0.25) is 0 Å². The van der Waals surface area contributed by atoms with Crippen molar-refractivity contribution in [2.75, 3.05) is 6.61 Å². The minimum absolute atomic E-state index is 0.0695. The Morgan fingerprint density at radius 1 is 1.25 bits per heavy atom. The second kappa shape index (κ2) is 7.19. The van der Waals surface area contributed by atoms with Crippen LogP contribution in [0.2, 0.25) is 0 Å². The van der Waals surface area contributed by atoms with Crippen LogP contribution in [0.15, 0.2) is 24.3 Å². The Kier molecular flexibility index (Phi) is 5.55. The van der Waals surface area contributed by atoms with E-state index in [1.165, 1.54) is 44.6 Å². The molecule has 0 spiro atoms. The predicted octanol–water partition coefficient (Wildman–Crippen LogP) is 3.43. The summed E-state index contributed by atoms with van der Waals surface area (Å²) in [7, 11) is 0. The Labute approximate surface area is 121 Å². The first kappa shape index (κ1) is 15.5. The minimum Gasteiger partial charge on any atom is -0.394 e. The zero-order valence-electron chi connectivity index (χ0n) is 12.4. The van der Waals surface area contributed by atoms with Gasteiger partial charge in [-0.1, -0.05) is 37.8 Å². The van der Waals surface area contributed by atoms with E-state index >= 15 is 0 Å². The quantitative estimate of drug-likeness (QED) is 0.809. The van der Waals surface area contributed by atoms with E-state index in [4.69, 9.17) is 0 Å². The summed E-state index contributed by atoms with van der Waals surface area (Å²) in [5.41, 5.74) is 0.561. The molecule has 0 heterocycles. The van der Waals surface area contributed by atoms with E-state index < -0.39 is 0 Å². The highest BCUT2D eigenvalue weighted by Gasteiger charge is 2.27. The minimum atomic E-state index is -0.372. The third-order valence-corrected chi connectivity index (χ3v) is 4.24. The van der Waals surface area contributed by atoms with Crippen LogP contribution in [0.4, 0.5) is 4.39 Å². The molecule has 3 heteroatoms. The van der Waals surface area contributed by atoms with Gasteiger partial charge in [-0.15, -0.1) is 0 Å². The molecule has 0 saturated heterocycles. The highest BCUT2D eigenvalue weighted by atomic mass is 19.1. The fraction of sp³-hybridized carbons (Fsp3) is 0.647. The van der Waals surface area contributed by atoms with Crippen LogP contribution in [0.3, 0.4) is 0 Å². The molecule has 1 aromatic rings. The zero-order valence-corrected chi connectivity index (χ0v) is 12.4. The van der Waals surface area contributed by atoms with Crippen molar-refractivity contribution in [3.05, 3.63) is 35.6 Å². The molecular weight excluding hydrogens is 253 g/mol. The first-order valence-electron chi connectivity index (χ1n) is 7.74. The summed E-state index contributed by atoms with van der Waals surface area (Å²) in [6.07, 6.45) is 8.17. The van der Waals surface area contributed by atoms with Gasteiger partial charge in [0.1, 0.15) is 5.82 Å². The molecule has 0 radical (unpaired) electrons. The van der Waals surface area contributed by atoms with E-state index in [9.17, 15) is 9.50 Å². The van der Waals surface area contributed by atoms with Crippen LogP contribution in [0.25, 0.3) is 0 Å². The molecule has 1 aromatic carbocycles. The monoisotopic (exact) mass is 279 g/mol. The maximum absolute atomic E-state index is 13.3. The maximum Gasteiger partial charge on any atom is 0.123 e. The van der Waals surface area contributed by atoms with E-state index in [0.717, 1.165) is 5.56 Å². The molecule has 0 aromatic heterocycles. The third-order valence-electron chi connectivity index (χ3n) is 4.24. The van der Waals surface area contributed by atoms with Crippen LogP contribution in [-0.2, 0) is 6.42 Å². The van der Waals surface area contributed by atoms with Gasteiger partial charge in [0.15, 0.2) is 0 Å². The molecule has 20 heavy (non-hydrogen) atoms. The lowest BCUT2D eigenvalue weighted by atomic mass is 9.91. The van der Waals surface area contributed by atoms with Crippen molar-refractivity contribution >= 4 is 0 Å². The van der Waals surface area contributed by atoms with Crippen molar-refractivity contribution in [1.82, 2.24) is 5.32 Å². The van der Waals surface area contributed by atoms with Crippen LogP contribution in [0.5, 0.6) is 0 Å². The lowest BCUT2D eigenvalue weighted by Crippen LogP contribution is -2.52. The smallest absolute Gasteiger partial charge is 0.123 e. The molecule has 1 aliphatic rings. The molecule has 2 nitrogen and oxygen atoms in total. The largest absolute Gasteiger partial charge is 0.394 e. The van der Waals surface area contributed by atoms with Crippen molar-refractivity contribution in [3.8, 4) is 0 Å². The van der Waals surface area contributed by atoms with Gasteiger partial charge in [0.2, 0.25) is 0 Å². The standard InChI is InChI=1S/C17H26FNO/c1-17(13-20,12-14-7-6-8-15(18)11-14)19-16-9-4-2-3-5-10-16/h6-8,11,16,19-20H,2-5,9-10,12-13H2,1H3.